The summed E-state index contributed by atoms with van der Waals surface area (Å²) in [4.78, 5) is 2.30. The molecule has 0 spiro atoms. The van der Waals surface area contributed by atoms with Crippen LogP contribution in [-0.4, -0.2) is 40.5 Å². The van der Waals surface area contributed by atoms with E-state index in [1.165, 1.54) is 5.57 Å². The molecule has 0 amide bonds. The van der Waals surface area contributed by atoms with E-state index >= 15 is 0 Å². The van der Waals surface area contributed by atoms with Gasteiger partial charge in [-0.3, -0.25) is 4.90 Å². The number of fused-ring (bicyclic) bond motifs is 5. The van der Waals surface area contributed by atoms with Gasteiger partial charge in [0.05, 0.1) is 6.10 Å². The molecule has 0 aromatic heterocycles. The van der Waals surface area contributed by atoms with Gasteiger partial charge in [-0.05, 0) is 32.6 Å². The van der Waals surface area contributed by atoms with Gasteiger partial charge in [-0.25, -0.2) is 0 Å². The number of allylic oxidation sites excluding steroid dienone is 5. The number of hydrogen-bond donors (Lipinski definition) is 1. The van der Waals surface area contributed by atoms with Crippen LogP contribution < -0.4 is 0 Å². The number of ether oxygens (including phenoxy) is 1. The minimum atomic E-state index is -0.661. The molecule has 0 unspecified atom stereocenters. The van der Waals surface area contributed by atoms with Crippen LogP contribution in [0.4, 0.5) is 0 Å². The average Bonchev–Trinajstić information content (AvgIpc) is 3.32. The molecule has 4 fully saturated rings. The van der Waals surface area contributed by atoms with E-state index < -0.39 is 5.72 Å². The highest BCUT2D eigenvalue weighted by molar-refractivity contribution is 5.27. The molecule has 0 radical (unpaired) electrons. The van der Waals surface area contributed by atoms with Crippen LogP contribution in [-0.2, 0) is 4.74 Å². The Labute approximate surface area is 120 Å². The number of hydrogen-bond acceptors (Lipinski definition) is 3. The van der Waals surface area contributed by atoms with E-state index in [-0.39, 0.29) is 6.10 Å². The minimum Gasteiger partial charge on any atom is -0.372 e. The Morgan fingerprint density at radius 3 is 3.05 bits per heavy atom. The molecule has 20 heavy (non-hydrogen) atoms. The zero-order valence-corrected chi connectivity index (χ0v) is 12.2. The molecule has 3 saturated heterocycles. The molecule has 3 heteroatoms. The van der Waals surface area contributed by atoms with Gasteiger partial charge in [0.25, 0.3) is 0 Å². The Bertz CT molecular complexity index is 509. The molecular weight excluding hydrogens is 250 g/mol. The van der Waals surface area contributed by atoms with Crippen molar-refractivity contribution in [2.45, 2.75) is 50.7 Å². The first-order valence-corrected chi connectivity index (χ1v) is 7.78. The Morgan fingerprint density at radius 2 is 2.25 bits per heavy atom. The molecule has 4 aliphatic rings. The largest absolute Gasteiger partial charge is 0.372 e. The second-order valence-corrected chi connectivity index (χ2v) is 6.63. The Kier molecular flexibility index (Phi) is 2.75. The lowest BCUT2D eigenvalue weighted by Gasteiger charge is -2.40. The highest BCUT2D eigenvalue weighted by Crippen LogP contribution is 2.64. The molecule has 1 aliphatic carbocycles. The molecule has 0 aromatic rings. The van der Waals surface area contributed by atoms with Crippen molar-refractivity contribution >= 4 is 0 Å². The average molecular weight is 273 g/mol. The molecule has 1 N–H and O–H groups in total. The number of piperidine rings is 2. The topological polar surface area (TPSA) is 36.0 Å². The lowest BCUT2D eigenvalue weighted by molar-refractivity contribution is -0.133. The maximum absolute atomic E-state index is 11.0. The van der Waals surface area contributed by atoms with Crippen molar-refractivity contribution in [3.05, 3.63) is 36.0 Å². The van der Waals surface area contributed by atoms with Gasteiger partial charge >= 0.3 is 0 Å². The summed E-state index contributed by atoms with van der Waals surface area (Å²) in [5.74, 6) is 1.07. The van der Waals surface area contributed by atoms with Crippen LogP contribution in [0.3, 0.4) is 0 Å². The summed E-state index contributed by atoms with van der Waals surface area (Å²) in [6.45, 7) is 5.12. The maximum atomic E-state index is 11.0. The normalized spacial score (nSPS) is 50.4. The van der Waals surface area contributed by atoms with Crippen LogP contribution in [0.5, 0.6) is 0 Å². The molecule has 3 nitrogen and oxygen atoms in total. The summed E-state index contributed by atoms with van der Waals surface area (Å²) in [7, 11) is 0. The third-order valence-corrected chi connectivity index (χ3v) is 5.53. The van der Waals surface area contributed by atoms with Gasteiger partial charge in [0.1, 0.15) is 6.10 Å². The number of epoxide rings is 1. The fourth-order valence-electron chi connectivity index (χ4n) is 4.20. The van der Waals surface area contributed by atoms with Crippen molar-refractivity contribution in [2.75, 3.05) is 6.54 Å². The minimum absolute atomic E-state index is 0.0884. The number of rotatable bonds is 3. The van der Waals surface area contributed by atoms with E-state index in [1.54, 1.807) is 0 Å². The van der Waals surface area contributed by atoms with Crippen LogP contribution >= 0.6 is 0 Å². The van der Waals surface area contributed by atoms with Crippen molar-refractivity contribution in [3.63, 3.8) is 0 Å². The monoisotopic (exact) mass is 273 g/mol. The first-order valence-electron chi connectivity index (χ1n) is 7.78. The van der Waals surface area contributed by atoms with E-state index in [1.807, 2.05) is 0 Å². The van der Waals surface area contributed by atoms with Crippen molar-refractivity contribution in [1.82, 2.24) is 4.90 Å². The van der Waals surface area contributed by atoms with Crippen molar-refractivity contribution < 1.29 is 9.84 Å². The SMILES string of the molecule is C/C=C(C)/C=C/C=C/[C@H]1[C@@H]2C[C@@H]2[C@]2(O)[C@@H]3O[C@@H]3CCN12. The third-order valence-electron chi connectivity index (χ3n) is 5.53. The third kappa shape index (κ3) is 1.70. The fourth-order valence-corrected chi connectivity index (χ4v) is 4.20. The molecule has 108 valence electrons. The van der Waals surface area contributed by atoms with Crippen molar-refractivity contribution in [3.8, 4) is 0 Å². The van der Waals surface area contributed by atoms with E-state index in [2.05, 4.69) is 49.1 Å². The van der Waals surface area contributed by atoms with Crippen LogP contribution in [0, 0.1) is 11.8 Å². The Hall–Kier alpha value is -0.900. The second-order valence-electron chi connectivity index (χ2n) is 6.63. The highest BCUT2D eigenvalue weighted by atomic mass is 16.6. The molecular formula is C17H23NO2. The van der Waals surface area contributed by atoms with E-state index in [4.69, 9.17) is 4.74 Å². The van der Waals surface area contributed by atoms with Gasteiger partial charge in [-0.15, -0.1) is 0 Å². The number of aliphatic hydroxyl groups is 1. The van der Waals surface area contributed by atoms with Crippen LogP contribution in [0.2, 0.25) is 0 Å². The van der Waals surface area contributed by atoms with Gasteiger partial charge in [0, 0.05) is 18.5 Å². The van der Waals surface area contributed by atoms with Crippen molar-refractivity contribution in [1.29, 1.82) is 0 Å². The molecule has 1 saturated carbocycles. The van der Waals surface area contributed by atoms with E-state index in [0.29, 0.717) is 24.0 Å². The lowest BCUT2D eigenvalue weighted by atomic mass is 9.95. The van der Waals surface area contributed by atoms with E-state index in [0.717, 1.165) is 19.4 Å². The standard InChI is InChI=1S/C17H23NO2/c1-3-11(2)6-4-5-7-14-12-10-13(12)17(19)16-15(20-16)8-9-18(14)17/h3-7,12-16,19H,8-10H2,1-2H3/b6-4+,7-5+,11-3+/t12-,13+,14+,15-,16-,17+/m1/s1. The fraction of sp³-hybridized carbons (Fsp3) is 0.647. The zero-order valence-electron chi connectivity index (χ0n) is 12.2. The maximum Gasteiger partial charge on any atom is 0.151 e. The predicted molar refractivity (Wildman–Crippen MR) is 78.0 cm³/mol. The summed E-state index contributed by atoms with van der Waals surface area (Å²) in [5, 5.41) is 11.0. The second kappa shape index (κ2) is 4.30. The van der Waals surface area contributed by atoms with Crippen LogP contribution in [0.25, 0.3) is 0 Å². The van der Waals surface area contributed by atoms with E-state index in [9.17, 15) is 5.11 Å². The molecule has 3 aliphatic heterocycles. The van der Waals surface area contributed by atoms with Crippen LogP contribution in [0.15, 0.2) is 36.0 Å². The Balaban J connectivity index is 1.50. The lowest BCUT2D eigenvalue weighted by Crippen LogP contribution is -2.57. The summed E-state index contributed by atoms with van der Waals surface area (Å²) in [5.41, 5.74) is 0.611. The summed E-state index contributed by atoms with van der Waals surface area (Å²) < 4.78 is 5.67. The van der Waals surface area contributed by atoms with Gasteiger partial charge in [-0.2, -0.15) is 0 Å². The summed E-state index contributed by atoms with van der Waals surface area (Å²) in [6.07, 6.45) is 13.4. The van der Waals surface area contributed by atoms with Crippen LogP contribution in [0.1, 0.15) is 26.7 Å². The molecule has 6 atom stereocenters. The summed E-state index contributed by atoms with van der Waals surface area (Å²) in [6, 6.07) is 0.394. The zero-order chi connectivity index (χ0) is 13.9. The quantitative estimate of drug-likeness (QED) is 0.633. The summed E-state index contributed by atoms with van der Waals surface area (Å²) >= 11 is 0. The molecule has 4 rings (SSSR count). The van der Waals surface area contributed by atoms with Crippen molar-refractivity contribution in [2.24, 2.45) is 11.8 Å². The Morgan fingerprint density at radius 1 is 1.40 bits per heavy atom. The molecule has 0 aromatic carbocycles. The van der Waals surface area contributed by atoms with Gasteiger partial charge in [0.2, 0.25) is 0 Å². The smallest absolute Gasteiger partial charge is 0.151 e. The van der Waals surface area contributed by atoms with Gasteiger partial charge in [0.15, 0.2) is 5.72 Å². The number of nitrogens with zero attached hydrogens (tertiary/aromatic N) is 1. The first-order chi connectivity index (χ1) is 9.66. The molecule has 3 heterocycles. The first kappa shape index (κ1) is 12.8. The van der Waals surface area contributed by atoms with Gasteiger partial charge < -0.3 is 9.84 Å². The molecule has 0 bridgehead atoms. The highest BCUT2D eigenvalue weighted by Gasteiger charge is 2.75. The van der Waals surface area contributed by atoms with Gasteiger partial charge in [-0.1, -0.05) is 36.0 Å². The predicted octanol–water partition coefficient (Wildman–Crippen LogP) is 2.25.